The van der Waals surface area contributed by atoms with Gasteiger partial charge in [0.15, 0.2) is 0 Å². The number of alkyl halides is 3. The Balaban J connectivity index is 0.633. The SMILES string of the molecule is Cc1ncsc1-c1ccc([C@H](C)NC(=O)[C@@H]2C[C@@H](O)CN2C(=O)[C@@H](NC(=O)CN2CCC(N3CCN(CC[C@H](CSc4ccccc4)Nc4ccc(S(=O)(=O)NC(=O)c5ccc6c(c5)CCC5CN(CC7=C(c8ccc(Cl)cc8)CCC(C)(C)C7)CCN65)cc4S(=O)(=O)C(F)(F)F)CC3)CC2)C(C)(C)C)cc1. The molecule has 12 rings (SSSR count). The molecule has 6 atom stereocenters. The molecule has 20 nitrogen and oxygen atoms in total. The van der Waals surface area contributed by atoms with Crippen LogP contribution in [0.1, 0.15) is 132 Å². The summed E-state index contributed by atoms with van der Waals surface area (Å²) in [4.78, 5) is 73.4. The fourth-order valence-corrected chi connectivity index (χ4v) is 20.0. The number of sulfonamides is 1. The summed E-state index contributed by atoms with van der Waals surface area (Å²) in [6.45, 7) is 22.0. The van der Waals surface area contributed by atoms with Crippen LogP contribution in [-0.2, 0) is 40.7 Å². The number of carbonyl (C=O) groups is 4. The zero-order chi connectivity index (χ0) is 76.3. The lowest BCUT2D eigenvalue weighted by molar-refractivity contribution is -0.144. The summed E-state index contributed by atoms with van der Waals surface area (Å²) in [5.41, 5.74) is 3.78. The van der Waals surface area contributed by atoms with Crippen LogP contribution >= 0.6 is 34.7 Å². The van der Waals surface area contributed by atoms with Crippen molar-refractivity contribution in [3.63, 3.8) is 0 Å². The predicted octanol–water partition coefficient (Wildman–Crippen LogP) is 11.7. The van der Waals surface area contributed by atoms with Crippen molar-refractivity contribution in [3.05, 3.63) is 159 Å². The molecule has 1 aliphatic carbocycles. The molecule has 0 saturated carbocycles. The number of aromatic nitrogens is 1. The van der Waals surface area contributed by atoms with E-state index >= 15 is 0 Å². The van der Waals surface area contributed by atoms with Gasteiger partial charge in [-0.25, -0.2) is 26.5 Å². The highest BCUT2D eigenvalue weighted by Gasteiger charge is 2.49. The Morgan fingerprint density at radius 3 is 2.17 bits per heavy atom. The highest BCUT2D eigenvalue weighted by molar-refractivity contribution is 7.99. The van der Waals surface area contributed by atoms with Gasteiger partial charge in [-0.3, -0.25) is 33.9 Å². The minimum absolute atomic E-state index is 0.0311. The minimum Gasteiger partial charge on any atom is -0.391 e. The van der Waals surface area contributed by atoms with Gasteiger partial charge in [0.25, 0.3) is 25.8 Å². The summed E-state index contributed by atoms with van der Waals surface area (Å²) in [6, 6.07) is 30.4. The van der Waals surface area contributed by atoms with Crippen LogP contribution in [0.2, 0.25) is 5.02 Å². The number of aliphatic hydroxyl groups excluding tert-OH is 1. The topological polar surface area (TPSA) is 237 Å². The third-order valence-corrected chi connectivity index (χ3v) is 27.3. The second-order valence-electron chi connectivity index (χ2n) is 31.5. The number of aliphatic hydroxyl groups is 1. The van der Waals surface area contributed by atoms with E-state index in [1.807, 2.05) is 112 Å². The minimum atomic E-state index is -6.17. The van der Waals surface area contributed by atoms with Crippen molar-refractivity contribution < 1.29 is 54.3 Å². The zero-order valence-electron chi connectivity index (χ0n) is 61.8. The van der Waals surface area contributed by atoms with E-state index in [0.717, 1.165) is 128 Å². The molecule has 4 fully saturated rings. The van der Waals surface area contributed by atoms with Crippen LogP contribution in [0.4, 0.5) is 24.5 Å². The average molecular weight is 1570 g/mol. The van der Waals surface area contributed by atoms with Gasteiger partial charge in [0, 0.05) is 130 Å². The van der Waals surface area contributed by atoms with Crippen molar-refractivity contribution in [2.75, 3.05) is 101 Å². The Labute approximate surface area is 640 Å². The molecule has 576 valence electrons. The number of thiazole rings is 1. The van der Waals surface area contributed by atoms with Gasteiger partial charge in [-0.15, -0.1) is 23.1 Å². The Hall–Kier alpha value is -6.92. The van der Waals surface area contributed by atoms with Crippen molar-refractivity contribution in [1.29, 1.82) is 0 Å². The van der Waals surface area contributed by atoms with Crippen LogP contribution in [-0.4, -0.2) is 208 Å². The maximum atomic E-state index is 14.7. The first-order valence-electron chi connectivity index (χ1n) is 37.1. The van der Waals surface area contributed by atoms with Crippen molar-refractivity contribution >= 4 is 95.1 Å². The third kappa shape index (κ3) is 19.3. The van der Waals surface area contributed by atoms with Crippen molar-refractivity contribution in [2.24, 2.45) is 10.8 Å². The predicted molar refractivity (Wildman–Crippen MR) is 416 cm³/mol. The monoisotopic (exact) mass is 1570 g/mol. The molecule has 0 radical (unpaired) electrons. The standard InChI is InChI=1S/C79H99ClF3N11O9S4/c1-51(53-13-15-55(16-14-53)72-52(2)84-50-105-72)85-75(98)69-42-63(95)47-94(69)76(99)73(77(3,4)5)87-71(96)48-90-33-29-61(30-34-90)92-38-35-89(36-39-92)32-28-60(49-104-64-11-9-8-10-12-64)86-67-25-24-65(43-70(67)106(100,101)79(81,82)83)107(102,103)88-74(97)57-20-26-68-56(41-57)19-23-62-46-91(37-40-93(62)68)45-58-44-78(6,7)31-27-66(58)54-17-21-59(80)22-18-54/h8-18,20-22,24-26,41,43,50-51,60-63,69,73,86,95H,19,23,27-40,42,44-49H2,1-7H3,(H,85,98)(H,87,96)(H,88,97)/t51-,60+,62?,63+,69-,73+/m0/s1. The number of anilines is 2. The van der Waals surface area contributed by atoms with Gasteiger partial charge in [-0.1, -0.05) is 106 Å². The highest BCUT2D eigenvalue weighted by atomic mass is 35.5. The quantitative estimate of drug-likeness (QED) is 0.0354. The highest BCUT2D eigenvalue weighted by Crippen LogP contribution is 2.44. The summed E-state index contributed by atoms with van der Waals surface area (Å²) in [5, 5.41) is 20.7. The maximum Gasteiger partial charge on any atom is 0.501 e. The number of fused-ring (bicyclic) bond motifs is 3. The van der Waals surface area contributed by atoms with Crippen LogP contribution in [0.3, 0.4) is 0 Å². The number of nitrogens with one attached hydrogen (secondary N) is 4. The summed E-state index contributed by atoms with van der Waals surface area (Å²) >= 11 is 9.27. The molecule has 6 aromatic rings. The number of halogens is 4. The number of β-amino-alcohol motifs (C(OH)–C–C–N with tert-alkyl or cyclic N) is 1. The molecule has 0 spiro atoms. The fourth-order valence-electron chi connectivity index (χ4n) is 16.1. The molecule has 0 bridgehead atoms. The normalized spacial score (nSPS) is 21.1. The van der Waals surface area contributed by atoms with E-state index in [2.05, 4.69) is 71.4 Å². The number of piperazine rings is 2. The van der Waals surface area contributed by atoms with E-state index in [4.69, 9.17) is 11.6 Å². The Morgan fingerprint density at radius 2 is 1.49 bits per heavy atom. The third-order valence-electron chi connectivity index (χ3n) is 22.1. The fraction of sp³-hybridized carbons (Fsp3) is 0.506. The molecule has 28 heteroatoms. The zero-order valence-corrected chi connectivity index (χ0v) is 65.9. The molecule has 6 aliphatic rings. The largest absolute Gasteiger partial charge is 0.501 e. The number of hydrogen-bond donors (Lipinski definition) is 5. The number of piperidine rings is 1. The number of sulfone groups is 1. The van der Waals surface area contributed by atoms with Gasteiger partial charge < -0.3 is 35.8 Å². The number of amides is 4. The first-order chi connectivity index (χ1) is 50.7. The lowest BCUT2D eigenvalue weighted by Gasteiger charge is -2.47. The number of hydrogen-bond acceptors (Lipinski definition) is 18. The smallest absolute Gasteiger partial charge is 0.391 e. The maximum absolute atomic E-state index is 14.7. The van der Waals surface area contributed by atoms with E-state index in [1.54, 1.807) is 22.9 Å². The van der Waals surface area contributed by atoms with Crippen molar-refractivity contribution in [3.8, 4) is 10.4 Å². The number of aryl methyl sites for hydroxylation is 2. The molecule has 107 heavy (non-hydrogen) atoms. The second-order valence-corrected chi connectivity index (χ2v) is 37.4. The van der Waals surface area contributed by atoms with Crippen LogP contribution in [0.15, 0.2) is 141 Å². The molecule has 4 amide bonds. The first-order valence-corrected chi connectivity index (χ1v) is 42.3. The average Bonchev–Trinajstić information content (AvgIpc) is 1.42. The molecule has 5 aromatic carbocycles. The summed E-state index contributed by atoms with van der Waals surface area (Å²) < 4.78 is 102. The van der Waals surface area contributed by atoms with Crippen LogP contribution in [0.25, 0.3) is 16.0 Å². The van der Waals surface area contributed by atoms with Gasteiger partial charge in [0.2, 0.25) is 17.7 Å². The molecular weight excluding hydrogens is 1470 g/mol. The lowest BCUT2D eigenvalue weighted by Crippen LogP contribution is -2.59. The summed E-state index contributed by atoms with van der Waals surface area (Å²) in [5.74, 6) is -1.85. The van der Waals surface area contributed by atoms with E-state index < -0.39 is 82.3 Å². The van der Waals surface area contributed by atoms with E-state index in [-0.39, 0.29) is 60.4 Å². The van der Waals surface area contributed by atoms with E-state index in [9.17, 15) is 54.3 Å². The summed E-state index contributed by atoms with van der Waals surface area (Å²) in [7, 11) is -11.1. The molecule has 5 N–H and O–H groups in total. The van der Waals surface area contributed by atoms with E-state index in [1.165, 1.54) is 39.4 Å². The first kappa shape index (κ1) is 79.6. The molecule has 5 aliphatic heterocycles. The number of carbonyl (C=O) groups excluding carboxylic acids is 4. The van der Waals surface area contributed by atoms with Gasteiger partial charge in [0.1, 0.15) is 17.0 Å². The number of thioether (sulfide) groups is 1. The Morgan fingerprint density at radius 1 is 0.785 bits per heavy atom. The van der Waals surface area contributed by atoms with Crippen LogP contribution < -0.4 is 25.6 Å². The number of likely N-dealkylation sites (tertiary alicyclic amines) is 2. The van der Waals surface area contributed by atoms with Crippen molar-refractivity contribution in [2.45, 2.75) is 169 Å². The van der Waals surface area contributed by atoms with Crippen LogP contribution in [0.5, 0.6) is 0 Å². The molecular formula is C79H99ClF3N11O9S4. The van der Waals surface area contributed by atoms with Gasteiger partial charge in [0.05, 0.1) is 45.4 Å². The molecule has 1 aromatic heterocycles. The number of benzene rings is 5. The Kier molecular flexibility index (Phi) is 24.8. The van der Waals surface area contributed by atoms with Gasteiger partial charge in [-0.05, 0) is 165 Å². The number of nitrogens with zero attached hydrogens (tertiary/aromatic N) is 7. The number of allylic oxidation sites excluding steroid dienone is 1. The number of rotatable bonds is 24. The van der Waals surface area contributed by atoms with E-state index in [0.29, 0.717) is 62.4 Å². The summed E-state index contributed by atoms with van der Waals surface area (Å²) in [6.07, 6.45) is 5.67. The lowest BCUT2D eigenvalue weighted by atomic mass is 9.72. The van der Waals surface area contributed by atoms with Gasteiger partial charge >= 0.3 is 5.51 Å². The second kappa shape index (κ2) is 33.3. The molecule has 4 saturated heterocycles. The molecule has 1 unspecified atom stereocenters. The van der Waals surface area contributed by atoms with Crippen molar-refractivity contribution in [1.82, 2.24) is 44.8 Å². The van der Waals surface area contributed by atoms with Crippen LogP contribution in [0, 0.1) is 17.8 Å². The van der Waals surface area contributed by atoms with Gasteiger partial charge in [-0.2, -0.15) is 13.2 Å². The Bertz CT molecular complexity index is 4450. The molecule has 6 heterocycles.